The van der Waals surface area contributed by atoms with Crippen LogP contribution in [0.15, 0.2) is 12.3 Å². The number of aromatic amines is 1. The van der Waals surface area contributed by atoms with Crippen molar-refractivity contribution in [1.29, 1.82) is 0 Å². The molecule has 0 radical (unpaired) electrons. The van der Waals surface area contributed by atoms with Crippen molar-refractivity contribution in [3.8, 4) is 0 Å². The van der Waals surface area contributed by atoms with Gasteiger partial charge in [0, 0.05) is 11.3 Å². The lowest BCUT2D eigenvalue weighted by Crippen LogP contribution is -1.89. The maximum atomic E-state index is 3.99. The molecule has 0 saturated heterocycles. The van der Waals surface area contributed by atoms with Crippen LogP contribution in [-0.2, 0) is 0 Å². The van der Waals surface area contributed by atoms with Gasteiger partial charge in [0.2, 0.25) is 0 Å². The first kappa shape index (κ1) is 8.05. The molecule has 1 heterocycles. The smallest absolute Gasteiger partial charge is 0.0562 e. The van der Waals surface area contributed by atoms with Crippen LogP contribution >= 0.6 is 0 Å². The minimum absolute atomic E-state index is 0.517. The zero-order valence-corrected chi connectivity index (χ0v) is 7.26. The Labute approximate surface area is 67.3 Å². The van der Waals surface area contributed by atoms with Crippen molar-refractivity contribution in [3.63, 3.8) is 0 Å². The molecular weight excluding hydrogens is 136 g/mol. The van der Waals surface area contributed by atoms with E-state index in [9.17, 15) is 0 Å². The van der Waals surface area contributed by atoms with Crippen LogP contribution in [0, 0.1) is 0 Å². The standard InChI is InChI=1S/C9H14N2/c1-4-5-8-6-10-11-9(8)7(2)3/h4-7H,1-3H3,(H,10,11)/b5-4-. The van der Waals surface area contributed by atoms with Gasteiger partial charge in [-0.25, -0.2) is 0 Å². The van der Waals surface area contributed by atoms with Gasteiger partial charge in [0.05, 0.1) is 6.20 Å². The van der Waals surface area contributed by atoms with E-state index in [1.54, 1.807) is 0 Å². The summed E-state index contributed by atoms with van der Waals surface area (Å²) in [5.41, 5.74) is 2.41. The minimum Gasteiger partial charge on any atom is -0.282 e. The lowest BCUT2D eigenvalue weighted by Gasteiger charge is -2.01. The van der Waals surface area contributed by atoms with Gasteiger partial charge in [0.25, 0.3) is 0 Å². The molecule has 2 heteroatoms. The van der Waals surface area contributed by atoms with E-state index in [4.69, 9.17) is 0 Å². The number of nitrogens with zero attached hydrogens (tertiary/aromatic N) is 1. The number of hydrogen-bond donors (Lipinski definition) is 1. The SMILES string of the molecule is C/C=C\c1cn[nH]c1C(C)C. The number of nitrogens with one attached hydrogen (secondary N) is 1. The lowest BCUT2D eigenvalue weighted by atomic mass is 10.1. The van der Waals surface area contributed by atoms with Gasteiger partial charge in [-0.1, -0.05) is 26.0 Å². The number of allylic oxidation sites excluding steroid dienone is 1. The predicted octanol–water partition coefficient (Wildman–Crippen LogP) is 2.57. The van der Waals surface area contributed by atoms with E-state index in [2.05, 4.69) is 30.1 Å². The van der Waals surface area contributed by atoms with Crippen LogP contribution in [-0.4, -0.2) is 10.2 Å². The van der Waals surface area contributed by atoms with Crippen molar-refractivity contribution in [1.82, 2.24) is 10.2 Å². The van der Waals surface area contributed by atoms with E-state index < -0.39 is 0 Å². The van der Waals surface area contributed by atoms with E-state index in [-0.39, 0.29) is 0 Å². The number of rotatable bonds is 2. The predicted molar refractivity (Wildman–Crippen MR) is 47.4 cm³/mol. The molecule has 0 spiro atoms. The summed E-state index contributed by atoms with van der Waals surface area (Å²) in [7, 11) is 0. The van der Waals surface area contributed by atoms with Crippen molar-refractivity contribution in [3.05, 3.63) is 23.5 Å². The molecular formula is C9H14N2. The van der Waals surface area contributed by atoms with Crippen molar-refractivity contribution < 1.29 is 0 Å². The molecule has 0 amide bonds. The Balaban J connectivity index is 2.96. The molecule has 0 aromatic carbocycles. The molecule has 0 aliphatic heterocycles. The maximum Gasteiger partial charge on any atom is 0.0562 e. The fraction of sp³-hybridized carbons (Fsp3) is 0.444. The van der Waals surface area contributed by atoms with E-state index in [1.165, 1.54) is 11.3 Å². The van der Waals surface area contributed by atoms with Gasteiger partial charge in [0.1, 0.15) is 0 Å². The summed E-state index contributed by atoms with van der Waals surface area (Å²) in [4.78, 5) is 0. The molecule has 1 rings (SSSR count). The molecule has 1 aromatic heterocycles. The number of aromatic nitrogens is 2. The summed E-state index contributed by atoms with van der Waals surface area (Å²) in [6.45, 7) is 6.32. The van der Waals surface area contributed by atoms with Gasteiger partial charge < -0.3 is 0 Å². The summed E-state index contributed by atoms with van der Waals surface area (Å²) in [5, 5.41) is 6.97. The Morgan fingerprint density at radius 1 is 1.55 bits per heavy atom. The van der Waals surface area contributed by atoms with Crippen LogP contribution < -0.4 is 0 Å². The monoisotopic (exact) mass is 150 g/mol. The number of hydrogen-bond acceptors (Lipinski definition) is 1. The second kappa shape index (κ2) is 3.37. The molecule has 0 saturated carbocycles. The Hall–Kier alpha value is -1.05. The zero-order chi connectivity index (χ0) is 8.27. The molecule has 0 atom stereocenters. The van der Waals surface area contributed by atoms with Crippen LogP contribution in [0.1, 0.15) is 37.9 Å². The molecule has 11 heavy (non-hydrogen) atoms. The Kier molecular flexibility index (Phi) is 2.47. The lowest BCUT2D eigenvalue weighted by molar-refractivity contribution is 0.809. The topological polar surface area (TPSA) is 28.7 Å². The summed E-state index contributed by atoms with van der Waals surface area (Å²) in [5.74, 6) is 0.517. The highest BCUT2D eigenvalue weighted by atomic mass is 15.1. The highest BCUT2D eigenvalue weighted by Gasteiger charge is 2.04. The van der Waals surface area contributed by atoms with Crippen molar-refractivity contribution in [2.75, 3.05) is 0 Å². The van der Waals surface area contributed by atoms with Crippen molar-refractivity contribution in [2.45, 2.75) is 26.7 Å². The van der Waals surface area contributed by atoms with E-state index in [0.29, 0.717) is 5.92 Å². The average Bonchev–Trinajstić information content (AvgIpc) is 2.36. The Morgan fingerprint density at radius 2 is 2.27 bits per heavy atom. The molecule has 0 aliphatic carbocycles. The molecule has 0 bridgehead atoms. The summed E-state index contributed by atoms with van der Waals surface area (Å²) in [6, 6.07) is 0. The highest BCUT2D eigenvalue weighted by Crippen LogP contribution is 2.16. The summed E-state index contributed by atoms with van der Waals surface area (Å²) < 4.78 is 0. The van der Waals surface area contributed by atoms with Gasteiger partial charge in [-0.2, -0.15) is 5.10 Å². The third-order valence-corrected chi connectivity index (χ3v) is 1.62. The third kappa shape index (κ3) is 1.70. The fourth-order valence-corrected chi connectivity index (χ4v) is 1.08. The first-order valence-electron chi connectivity index (χ1n) is 3.91. The quantitative estimate of drug-likeness (QED) is 0.689. The highest BCUT2D eigenvalue weighted by molar-refractivity contribution is 5.50. The third-order valence-electron chi connectivity index (χ3n) is 1.62. The van der Waals surface area contributed by atoms with Crippen LogP contribution in [0.3, 0.4) is 0 Å². The summed E-state index contributed by atoms with van der Waals surface area (Å²) >= 11 is 0. The van der Waals surface area contributed by atoms with E-state index in [0.717, 1.165) is 0 Å². The molecule has 0 fully saturated rings. The molecule has 1 aromatic rings. The fourth-order valence-electron chi connectivity index (χ4n) is 1.08. The van der Waals surface area contributed by atoms with Crippen molar-refractivity contribution >= 4 is 6.08 Å². The minimum atomic E-state index is 0.517. The molecule has 1 N–H and O–H groups in total. The molecule has 2 nitrogen and oxygen atoms in total. The van der Waals surface area contributed by atoms with Crippen molar-refractivity contribution in [2.24, 2.45) is 0 Å². The maximum absolute atomic E-state index is 3.99. The van der Waals surface area contributed by atoms with Gasteiger partial charge in [-0.05, 0) is 12.8 Å². The number of H-pyrrole nitrogens is 1. The average molecular weight is 150 g/mol. The second-order valence-corrected chi connectivity index (χ2v) is 2.89. The van der Waals surface area contributed by atoms with Gasteiger partial charge in [-0.3, -0.25) is 5.10 Å². The largest absolute Gasteiger partial charge is 0.282 e. The van der Waals surface area contributed by atoms with Gasteiger partial charge >= 0.3 is 0 Å². The van der Waals surface area contributed by atoms with E-state index >= 15 is 0 Å². The molecule has 60 valence electrons. The Morgan fingerprint density at radius 3 is 2.82 bits per heavy atom. The second-order valence-electron chi connectivity index (χ2n) is 2.89. The van der Waals surface area contributed by atoms with E-state index in [1.807, 2.05) is 19.2 Å². The van der Waals surface area contributed by atoms with Crippen LogP contribution in [0.4, 0.5) is 0 Å². The molecule has 0 unspecified atom stereocenters. The van der Waals surface area contributed by atoms with Crippen LogP contribution in [0.5, 0.6) is 0 Å². The first-order valence-corrected chi connectivity index (χ1v) is 3.91. The molecule has 0 aliphatic rings. The Bertz CT molecular complexity index is 246. The van der Waals surface area contributed by atoms with Crippen LogP contribution in [0.25, 0.3) is 6.08 Å². The first-order chi connectivity index (χ1) is 5.25. The zero-order valence-electron chi connectivity index (χ0n) is 7.26. The normalized spacial score (nSPS) is 11.6. The summed E-state index contributed by atoms with van der Waals surface area (Å²) in [6.07, 6.45) is 5.95. The van der Waals surface area contributed by atoms with Crippen LogP contribution in [0.2, 0.25) is 0 Å². The van der Waals surface area contributed by atoms with Gasteiger partial charge in [-0.15, -0.1) is 0 Å². The van der Waals surface area contributed by atoms with Gasteiger partial charge in [0.15, 0.2) is 0 Å².